The highest BCUT2D eigenvalue weighted by Gasteiger charge is 2.31. The molecule has 0 atom stereocenters. The first-order chi connectivity index (χ1) is 6.05. The zero-order valence-corrected chi connectivity index (χ0v) is 10.1. The van der Waals surface area contributed by atoms with Crippen LogP contribution in [0.15, 0.2) is 0 Å². The molecule has 13 heavy (non-hydrogen) atoms. The Labute approximate surface area is 83.3 Å². The molecule has 1 saturated heterocycles. The third-order valence-corrected chi connectivity index (χ3v) is 2.26. The van der Waals surface area contributed by atoms with Gasteiger partial charge in [0.25, 0.3) is 0 Å². The molecule has 80 valence electrons. The Morgan fingerprint density at radius 1 is 1.23 bits per heavy atom. The highest BCUT2D eigenvalue weighted by atomic mass is 16.5. The van der Waals surface area contributed by atoms with Crippen molar-refractivity contribution in [3.63, 3.8) is 0 Å². The van der Waals surface area contributed by atoms with Crippen LogP contribution in [0.2, 0.25) is 0 Å². The van der Waals surface area contributed by atoms with E-state index in [0.717, 1.165) is 19.8 Å². The Morgan fingerprint density at radius 3 is 1.77 bits per heavy atom. The lowest BCUT2D eigenvalue weighted by Gasteiger charge is -2.44. The lowest BCUT2D eigenvalue weighted by molar-refractivity contribution is -0.0915. The smallest absolute Gasteiger partial charge is 0.0645 e. The van der Waals surface area contributed by atoms with Crippen LogP contribution in [0.1, 0.15) is 41.5 Å². The maximum atomic E-state index is 5.17. The molecule has 0 aromatic carbocycles. The van der Waals surface area contributed by atoms with Crippen molar-refractivity contribution in [1.29, 1.82) is 0 Å². The summed E-state index contributed by atoms with van der Waals surface area (Å²) in [5, 5.41) is 0. The molecule has 0 aliphatic carbocycles. The van der Waals surface area contributed by atoms with Crippen LogP contribution in [-0.2, 0) is 4.74 Å². The van der Waals surface area contributed by atoms with E-state index >= 15 is 0 Å². The summed E-state index contributed by atoms with van der Waals surface area (Å²) in [6.07, 6.45) is 0. The second-order valence-electron chi connectivity index (χ2n) is 4.15. The first-order valence-electron chi connectivity index (χ1n) is 5.40. The van der Waals surface area contributed by atoms with Crippen molar-refractivity contribution in [2.45, 2.75) is 53.1 Å². The van der Waals surface area contributed by atoms with Gasteiger partial charge in [0.05, 0.1) is 19.3 Å². The molecule has 0 saturated carbocycles. The monoisotopic (exact) mass is 187 g/mol. The fourth-order valence-corrected chi connectivity index (χ4v) is 1.68. The average molecular weight is 187 g/mol. The van der Waals surface area contributed by atoms with Crippen LogP contribution in [0.3, 0.4) is 0 Å². The Hall–Kier alpha value is -0.0800. The van der Waals surface area contributed by atoms with Crippen LogP contribution in [0.4, 0.5) is 0 Å². The van der Waals surface area contributed by atoms with Gasteiger partial charge in [-0.3, -0.25) is 4.90 Å². The number of hydrogen-bond acceptors (Lipinski definition) is 2. The Balaban J connectivity index is 0.000000671. The van der Waals surface area contributed by atoms with E-state index in [1.54, 1.807) is 0 Å². The van der Waals surface area contributed by atoms with E-state index in [4.69, 9.17) is 4.74 Å². The van der Waals surface area contributed by atoms with Gasteiger partial charge in [0.1, 0.15) is 0 Å². The van der Waals surface area contributed by atoms with Crippen LogP contribution in [0, 0.1) is 0 Å². The SMILES string of the molecule is CC.CCN(C1COC1)C(C)(C)C. The lowest BCUT2D eigenvalue weighted by atomic mass is 10.0. The van der Waals surface area contributed by atoms with Gasteiger partial charge in [-0.25, -0.2) is 0 Å². The molecule has 0 spiro atoms. The van der Waals surface area contributed by atoms with E-state index in [9.17, 15) is 0 Å². The van der Waals surface area contributed by atoms with Gasteiger partial charge >= 0.3 is 0 Å². The molecule has 0 aromatic rings. The van der Waals surface area contributed by atoms with Crippen molar-refractivity contribution in [1.82, 2.24) is 4.90 Å². The van der Waals surface area contributed by atoms with Crippen LogP contribution in [0.5, 0.6) is 0 Å². The van der Waals surface area contributed by atoms with Gasteiger partial charge < -0.3 is 4.74 Å². The predicted octanol–water partition coefficient (Wildman–Crippen LogP) is 2.53. The van der Waals surface area contributed by atoms with Crippen LogP contribution in [0.25, 0.3) is 0 Å². The Bertz CT molecular complexity index is 125. The molecule has 2 nitrogen and oxygen atoms in total. The first-order valence-corrected chi connectivity index (χ1v) is 5.40. The molecule has 0 amide bonds. The number of rotatable bonds is 2. The van der Waals surface area contributed by atoms with Crippen LogP contribution in [-0.4, -0.2) is 36.2 Å². The van der Waals surface area contributed by atoms with Crippen molar-refractivity contribution in [2.24, 2.45) is 0 Å². The average Bonchev–Trinajstić information content (AvgIpc) is 1.98. The summed E-state index contributed by atoms with van der Waals surface area (Å²) in [7, 11) is 0. The van der Waals surface area contributed by atoms with Gasteiger partial charge in [0, 0.05) is 5.54 Å². The molecule has 0 unspecified atom stereocenters. The third kappa shape index (κ3) is 3.65. The molecular weight excluding hydrogens is 162 g/mol. The summed E-state index contributed by atoms with van der Waals surface area (Å²) in [6, 6.07) is 0.667. The van der Waals surface area contributed by atoms with Crippen LogP contribution >= 0.6 is 0 Å². The fraction of sp³-hybridized carbons (Fsp3) is 1.00. The van der Waals surface area contributed by atoms with Crippen molar-refractivity contribution >= 4 is 0 Å². The molecule has 1 aliphatic rings. The standard InChI is InChI=1S/C9H19NO.C2H6/c1-5-10(9(2,3)4)8-6-11-7-8;1-2/h8H,5-7H2,1-4H3;1-2H3. The number of nitrogens with zero attached hydrogens (tertiary/aromatic N) is 1. The van der Waals surface area contributed by atoms with Crippen molar-refractivity contribution in [2.75, 3.05) is 19.8 Å². The second-order valence-corrected chi connectivity index (χ2v) is 4.15. The first kappa shape index (κ1) is 12.9. The minimum atomic E-state index is 0.295. The van der Waals surface area contributed by atoms with E-state index < -0.39 is 0 Å². The molecule has 1 fully saturated rings. The molecule has 1 aliphatic heterocycles. The third-order valence-electron chi connectivity index (χ3n) is 2.26. The molecule has 0 aromatic heterocycles. The summed E-state index contributed by atoms with van der Waals surface area (Å²) in [5.41, 5.74) is 0.295. The van der Waals surface area contributed by atoms with Gasteiger partial charge in [-0.2, -0.15) is 0 Å². The van der Waals surface area contributed by atoms with E-state index in [0.29, 0.717) is 11.6 Å². The topological polar surface area (TPSA) is 12.5 Å². The highest BCUT2D eigenvalue weighted by Crippen LogP contribution is 2.20. The molecule has 1 heterocycles. The Morgan fingerprint density at radius 2 is 1.69 bits per heavy atom. The summed E-state index contributed by atoms with van der Waals surface area (Å²) < 4.78 is 5.17. The summed E-state index contributed by atoms with van der Waals surface area (Å²) in [6.45, 7) is 16.0. The summed E-state index contributed by atoms with van der Waals surface area (Å²) in [4.78, 5) is 2.50. The van der Waals surface area contributed by atoms with Gasteiger partial charge in [-0.1, -0.05) is 20.8 Å². The minimum Gasteiger partial charge on any atom is -0.378 e. The van der Waals surface area contributed by atoms with Gasteiger partial charge in [-0.15, -0.1) is 0 Å². The molecule has 0 bridgehead atoms. The lowest BCUT2D eigenvalue weighted by Crippen LogP contribution is -2.56. The van der Waals surface area contributed by atoms with Gasteiger partial charge in [0.15, 0.2) is 0 Å². The molecule has 0 radical (unpaired) electrons. The Kier molecular flexibility index (Phi) is 5.57. The highest BCUT2D eigenvalue weighted by molar-refractivity contribution is 4.85. The molecule has 2 heteroatoms. The normalized spacial score (nSPS) is 17.8. The molecule has 0 N–H and O–H groups in total. The number of likely N-dealkylation sites (N-methyl/N-ethyl adjacent to an activating group) is 1. The molecule has 1 rings (SSSR count). The largest absolute Gasteiger partial charge is 0.378 e. The van der Waals surface area contributed by atoms with Crippen molar-refractivity contribution < 1.29 is 4.74 Å². The van der Waals surface area contributed by atoms with Crippen LogP contribution < -0.4 is 0 Å². The van der Waals surface area contributed by atoms with Gasteiger partial charge in [-0.05, 0) is 27.3 Å². The minimum absolute atomic E-state index is 0.295. The predicted molar refractivity (Wildman–Crippen MR) is 58.1 cm³/mol. The van der Waals surface area contributed by atoms with E-state index in [2.05, 4.69) is 32.6 Å². The van der Waals surface area contributed by atoms with E-state index in [1.165, 1.54) is 0 Å². The second kappa shape index (κ2) is 5.61. The van der Waals surface area contributed by atoms with E-state index in [1.807, 2.05) is 13.8 Å². The maximum absolute atomic E-state index is 5.17. The zero-order chi connectivity index (χ0) is 10.5. The molecular formula is C11H25NO. The quantitative estimate of drug-likeness (QED) is 0.658. The summed E-state index contributed by atoms with van der Waals surface area (Å²) in [5.74, 6) is 0. The fourth-order valence-electron chi connectivity index (χ4n) is 1.68. The van der Waals surface area contributed by atoms with Crippen molar-refractivity contribution in [3.05, 3.63) is 0 Å². The maximum Gasteiger partial charge on any atom is 0.0645 e. The summed E-state index contributed by atoms with van der Waals surface area (Å²) >= 11 is 0. The van der Waals surface area contributed by atoms with Crippen molar-refractivity contribution in [3.8, 4) is 0 Å². The zero-order valence-electron chi connectivity index (χ0n) is 10.1. The van der Waals surface area contributed by atoms with Gasteiger partial charge in [0.2, 0.25) is 0 Å². The number of ether oxygens (including phenoxy) is 1. The van der Waals surface area contributed by atoms with E-state index in [-0.39, 0.29) is 0 Å². The number of hydrogen-bond donors (Lipinski definition) is 0.